The molecule has 0 aromatic rings. The van der Waals surface area contributed by atoms with Crippen LogP contribution in [0.1, 0.15) is 40.0 Å². The number of hydrogen-bond donors (Lipinski definition) is 1. The van der Waals surface area contributed by atoms with Crippen molar-refractivity contribution in [3.63, 3.8) is 0 Å². The van der Waals surface area contributed by atoms with Gasteiger partial charge in [-0.15, -0.1) is 0 Å². The van der Waals surface area contributed by atoms with E-state index in [1.165, 1.54) is 25.8 Å². The van der Waals surface area contributed by atoms with Crippen molar-refractivity contribution >= 4 is 0 Å². The molecule has 1 fully saturated rings. The first-order valence-electron chi connectivity index (χ1n) is 5.75. The van der Waals surface area contributed by atoms with Crippen molar-refractivity contribution < 1.29 is 0 Å². The van der Waals surface area contributed by atoms with E-state index >= 15 is 0 Å². The lowest BCUT2D eigenvalue weighted by Gasteiger charge is -2.34. The Morgan fingerprint density at radius 1 is 1.31 bits per heavy atom. The highest BCUT2D eigenvalue weighted by Gasteiger charge is 2.20. The van der Waals surface area contributed by atoms with Crippen LogP contribution in [-0.2, 0) is 0 Å². The smallest absolute Gasteiger partial charge is 0.0107 e. The summed E-state index contributed by atoms with van der Waals surface area (Å²) in [5, 5.41) is 3.34. The normalized spacial score (nSPS) is 16.4. The van der Waals surface area contributed by atoms with Crippen LogP contribution in [0.15, 0.2) is 0 Å². The van der Waals surface area contributed by atoms with Crippen LogP contribution in [0.3, 0.4) is 0 Å². The lowest BCUT2D eigenvalue weighted by molar-refractivity contribution is 0.161. The van der Waals surface area contributed by atoms with Gasteiger partial charge in [0.05, 0.1) is 0 Å². The third-order valence-electron chi connectivity index (χ3n) is 2.59. The maximum atomic E-state index is 3.34. The van der Waals surface area contributed by atoms with Gasteiger partial charge in [-0.1, -0.05) is 27.2 Å². The minimum absolute atomic E-state index is 0.897. The number of hydrogen-bond acceptors (Lipinski definition) is 2. The molecule has 0 bridgehead atoms. The topological polar surface area (TPSA) is 15.3 Å². The molecule has 2 heteroatoms. The minimum atomic E-state index is 0.897. The van der Waals surface area contributed by atoms with Gasteiger partial charge in [0.1, 0.15) is 0 Å². The van der Waals surface area contributed by atoms with Gasteiger partial charge in [-0.05, 0) is 26.4 Å². The van der Waals surface area contributed by atoms with Crippen LogP contribution in [0.4, 0.5) is 0 Å². The second-order valence-electron chi connectivity index (χ2n) is 3.42. The van der Waals surface area contributed by atoms with Crippen LogP contribution in [0.25, 0.3) is 0 Å². The zero-order valence-electron chi connectivity index (χ0n) is 9.77. The summed E-state index contributed by atoms with van der Waals surface area (Å²) in [6.45, 7) is 9.60. The van der Waals surface area contributed by atoms with Crippen LogP contribution in [0.2, 0.25) is 0 Å². The van der Waals surface area contributed by atoms with Crippen molar-refractivity contribution in [2.75, 3.05) is 26.7 Å². The van der Waals surface area contributed by atoms with E-state index in [2.05, 4.69) is 24.2 Å². The predicted octanol–water partition coefficient (Wildman–Crippen LogP) is 2.11. The van der Waals surface area contributed by atoms with Crippen LogP contribution >= 0.6 is 0 Å². The first kappa shape index (κ1) is 12.9. The summed E-state index contributed by atoms with van der Waals surface area (Å²) in [7, 11) is 2.24. The summed E-state index contributed by atoms with van der Waals surface area (Å²) in [6, 6.07) is 0.897. The molecule has 0 heterocycles. The molecule has 1 N–H and O–H groups in total. The van der Waals surface area contributed by atoms with Gasteiger partial charge >= 0.3 is 0 Å². The molecule has 13 heavy (non-hydrogen) atoms. The van der Waals surface area contributed by atoms with Gasteiger partial charge in [-0.2, -0.15) is 0 Å². The highest BCUT2D eigenvalue weighted by atomic mass is 15.1. The summed E-state index contributed by atoms with van der Waals surface area (Å²) < 4.78 is 0. The molecule has 0 spiro atoms. The second kappa shape index (κ2) is 8.52. The predicted molar refractivity (Wildman–Crippen MR) is 60.2 cm³/mol. The quantitative estimate of drug-likeness (QED) is 0.662. The van der Waals surface area contributed by atoms with Crippen molar-refractivity contribution in [2.24, 2.45) is 0 Å². The Bertz CT molecular complexity index is 100. The molecule has 0 aliphatic heterocycles. The highest BCUT2D eigenvalue weighted by molar-refractivity contribution is 4.77. The van der Waals surface area contributed by atoms with E-state index in [0.717, 1.165) is 19.1 Å². The molecule has 1 aliphatic carbocycles. The van der Waals surface area contributed by atoms with Crippen LogP contribution in [0, 0.1) is 0 Å². The van der Waals surface area contributed by atoms with Gasteiger partial charge in [0.2, 0.25) is 0 Å². The summed E-state index contributed by atoms with van der Waals surface area (Å²) in [5.74, 6) is 0. The monoisotopic (exact) mass is 186 g/mol. The van der Waals surface area contributed by atoms with Crippen LogP contribution in [0.5, 0.6) is 0 Å². The largest absolute Gasteiger partial charge is 0.316 e. The molecule has 0 unspecified atom stereocenters. The van der Waals surface area contributed by atoms with Crippen molar-refractivity contribution in [1.82, 2.24) is 10.2 Å². The van der Waals surface area contributed by atoms with Crippen molar-refractivity contribution in [1.29, 1.82) is 0 Å². The van der Waals surface area contributed by atoms with Crippen molar-refractivity contribution in [2.45, 2.75) is 46.1 Å². The maximum Gasteiger partial charge on any atom is 0.0107 e. The molecule has 0 aromatic heterocycles. The van der Waals surface area contributed by atoms with Crippen LogP contribution < -0.4 is 5.32 Å². The maximum absolute atomic E-state index is 3.34. The summed E-state index contributed by atoms with van der Waals surface area (Å²) in [6.07, 6.45) is 4.28. The molecule has 1 aliphatic rings. The molecule has 2 nitrogen and oxygen atoms in total. The second-order valence-corrected chi connectivity index (χ2v) is 3.42. The van der Waals surface area contributed by atoms with E-state index in [9.17, 15) is 0 Å². The van der Waals surface area contributed by atoms with Gasteiger partial charge in [0, 0.05) is 19.1 Å². The number of nitrogens with one attached hydrogen (secondary N) is 1. The summed E-state index contributed by atoms with van der Waals surface area (Å²) >= 11 is 0. The van der Waals surface area contributed by atoms with Gasteiger partial charge in [-0.3, -0.25) is 0 Å². The fraction of sp³-hybridized carbons (Fsp3) is 1.00. The number of likely N-dealkylation sites (N-methyl/N-ethyl adjacent to an activating group) is 2. The van der Waals surface area contributed by atoms with Gasteiger partial charge in [-0.25, -0.2) is 0 Å². The third kappa shape index (κ3) is 5.27. The SMILES string of the molecule is CC.CCNCCN(C)C1CCC1. The molecule has 0 radical (unpaired) electrons. The molecular weight excluding hydrogens is 160 g/mol. The van der Waals surface area contributed by atoms with E-state index in [1.54, 1.807) is 0 Å². The lowest BCUT2D eigenvalue weighted by Crippen LogP contribution is -2.40. The van der Waals surface area contributed by atoms with E-state index in [4.69, 9.17) is 0 Å². The molecule has 0 aromatic carbocycles. The summed E-state index contributed by atoms with van der Waals surface area (Å²) in [5.41, 5.74) is 0. The third-order valence-corrected chi connectivity index (χ3v) is 2.59. The Morgan fingerprint density at radius 2 is 1.92 bits per heavy atom. The number of rotatable bonds is 5. The van der Waals surface area contributed by atoms with Crippen molar-refractivity contribution in [3.05, 3.63) is 0 Å². The Hall–Kier alpha value is -0.0800. The average Bonchev–Trinajstić information content (AvgIpc) is 2.05. The molecule has 0 saturated heterocycles. The first-order valence-corrected chi connectivity index (χ1v) is 5.75. The van der Waals surface area contributed by atoms with E-state index < -0.39 is 0 Å². The fourth-order valence-corrected chi connectivity index (χ4v) is 1.44. The Morgan fingerprint density at radius 3 is 2.31 bits per heavy atom. The zero-order chi connectivity index (χ0) is 10.1. The molecule has 1 saturated carbocycles. The van der Waals surface area contributed by atoms with E-state index in [-0.39, 0.29) is 0 Å². The molecule has 1 rings (SSSR count). The molecular formula is C11H26N2. The fourth-order valence-electron chi connectivity index (χ4n) is 1.44. The van der Waals surface area contributed by atoms with E-state index in [1.807, 2.05) is 13.8 Å². The van der Waals surface area contributed by atoms with Crippen LogP contribution in [-0.4, -0.2) is 37.6 Å². The molecule has 0 atom stereocenters. The van der Waals surface area contributed by atoms with E-state index in [0.29, 0.717) is 0 Å². The Balaban J connectivity index is 0.000000671. The molecule has 0 amide bonds. The van der Waals surface area contributed by atoms with Crippen molar-refractivity contribution in [3.8, 4) is 0 Å². The standard InChI is InChI=1S/C9H20N2.C2H6/c1-3-10-7-8-11(2)9-5-4-6-9;1-2/h9-10H,3-8H2,1-2H3;1-2H3. The number of nitrogens with zero attached hydrogens (tertiary/aromatic N) is 1. The molecule has 80 valence electrons. The average molecular weight is 186 g/mol. The highest BCUT2D eigenvalue weighted by Crippen LogP contribution is 2.22. The zero-order valence-corrected chi connectivity index (χ0v) is 9.77. The summed E-state index contributed by atoms with van der Waals surface area (Å²) in [4.78, 5) is 2.48. The van der Waals surface area contributed by atoms with Gasteiger partial charge in [0.15, 0.2) is 0 Å². The Kier molecular flexibility index (Phi) is 8.46. The first-order chi connectivity index (χ1) is 6.34. The lowest BCUT2D eigenvalue weighted by atomic mass is 9.92. The van der Waals surface area contributed by atoms with Gasteiger partial charge in [0.25, 0.3) is 0 Å². The minimum Gasteiger partial charge on any atom is -0.316 e. The van der Waals surface area contributed by atoms with Gasteiger partial charge < -0.3 is 10.2 Å². The Labute approximate surface area is 83.7 Å².